The first-order valence-electron chi connectivity index (χ1n) is 7.40. The summed E-state index contributed by atoms with van der Waals surface area (Å²) in [4.78, 5) is 14.8. The van der Waals surface area contributed by atoms with E-state index >= 15 is 0 Å². The van der Waals surface area contributed by atoms with E-state index in [1.807, 2.05) is 24.5 Å². The number of aryl methyl sites for hydroxylation is 1. The van der Waals surface area contributed by atoms with Gasteiger partial charge in [-0.2, -0.15) is 5.26 Å². The Balaban J connectivity index is 1.58. The van der Waals surface area contributed by atoms with E-state index in [0.29, 0.717) is 17.6 Å². The fraction of sp³-hybridized carbons (Fsp3) is 0.375. The maximum Gasteiger partial charge on any atom is 0.225 e. The molecule has 1 aliphatic rings. The van der Waals surface area contributed by atoms with Crippen LogP contribution in [-0.4, -0.2) is 34.1 Å². The van der Waals surface area contributed by atoms with Gasteiger partial charge in [0.15, 0.2) is 0 Å². The Kier molecular flexibility index (Phi) is 4.15. The third-order valence-corrected chi connectivity index (χ3v) is 3.94. The molecule has 1 saturated heterocycles. The number of nitrogens with one attached hydrogen (secondary N) is 1. The molecule has 0 atom stereocenters. The Labute approximate surface area is 129 Å². The lowest BCUT2D eigenvalue weighted by Gasteiger charge is -2.33. The van der Waals surface area contributed by atoms with E-state index < -0.39 is 0 Å². The number of rotatable bonds is 3. The highest BCUT2D eigenvalue weighted by molar-refractivity contribution is 5.49. The highest BCUT2D eigenvalue weighted by Crippen LogP contribution is 2.20. The number of anilines is 2. The van der Waals surface area contributed by atoms with Gasteiger partial charge in [-0.1, -0.05) is 0 Å². The average Bonchev–Trinajstić information content (AvgIpc) is 2.58. The van der Waals surface area contributed by atoms with Crippen molar-refractivity contribution in [2.45, 2.75) is 25.8 Å². The Bertz CT molecular complexity index is 668. The number of aromatic nitrogens is 3. The van der Waals surface area contributed by atoms with E-state index in [9.17, 15) is 0 Å². The predicted molar refractivity (Wildman–Crippen MR) is 84.6 cm³/mol. The molecular formula is C16H18N6. The summed E-state index contributed by atoms with van der Waals surface area (Å²) in [6, 6.07) is 4.50. The first-order chi connectivity index (χ1) is 10.8. The summed E-state index contributed by atoms with van der Waals surface area (Å²) in [5.74, 6) is 0.704. The molecule has 0 radical (unpaired) electrons. The van der Waals surface area contributed by atoms with Crippen LogP contribution in [0.3, 0.4) is 0 Å². The average molecular weight is 294 g/mol. The smallest absolute Gasteiger partial charge is 0.225 e. The zero-order valence-electron chi connectivity index (χ0n) is 12.5. The second kappa shape index (κ2) is 6.39. The minimum atomic E-state index is 0.442. The number of hydrogen-bond donors (Lipinski definition) is 1. The van der Waals surface area contributed by atoms with Crippen molar-refractivity contribution in [3.8, 4) is 6.07 Å². The second-order valence-corrected chi connectivity index (χ2v) is 5.48. The topological polar surface area (TPSA) is 77.7 Å². The predicted octanol–water partition coefficient (Wildman–Crippen LogP) is 2.13. The third-order valence-electron chi connectivity index (χ3n) is 3.94. The van der Waals surface area contributed by atoms with Crippen LogP contribution in [0.2, 0.25) is 0 Å². The largest absolute Gasteiger partial charge is 0.381 e. The van der Waals surface area contributed by atoms with Crippen LogP contribution >= 0.6 is 0 Å². The third kappa shape index (κ3) is 3.14. The van der Waals surface area contributed by atoms with E-state index in [1.165, 1.54) is 5.56 Å². The molecule has 0 aromatic carbocycles. The van der Waals surface area contributed by atoms with Crippen molar-refractivity contribution >= 4 is 11.6 Å². The fourth-order valence-corrected chi connectivity index (χ4v) is 2.60. The van der Waals surface area contributed by atoms with Crippen molar-refractivity contribution < 1.29 is 0 Å². The van der Waals surface area contributed by atoms with Crippen LogP contribution in [0.25, 0.3) is 0 Å². The van der Waals surface area contributed by atoms with E-state index in [-0.39, 0.29) is 0 Å². The molecular weight excluding hydrogens is 276 g/mol. The summed E-state index contributed by atoms with van der Waals surface area (Å²) in [5.41, 5.74) is 2.82. The van der Waals surface area contributed by atoms with Gasteiger partial charge in [-0.25, -0.2) is 9.97 Å². The molecule has 6 heteroatoms. The number of hydrogen-bond acceptors (Lipinski definition) is 6. The molecule has 0 saturated carbocycles. The van der Waals surface area contributed by atoms with Gasteiger partial charge in [-0.15, -0.1) is 0 Å². The molecule has 0 unspecified atom stereocenters. The summed E-state index contributed by atoms with van der Waals surface area (Å²) < 4.78 is 0. The molecule has 1 fully saturated rings. The standard InChI is InChI=1S/C16H18N6/c1-12-2-5-18-11-15(12)21-14-3-6-22(7-4-14)16-19-9-13(8-17)10-20-16/h2,5,9-11,14,21H,3-4,6-7H2,1H3. The minimum absolute atomic E-state index is 0.442. The van der Waals surface area contributed by atoms with Gasteiger partial charge in [0.05, 0.1) is 29.8 Å². The van der Waals surface area contributed by atoms with E-state index in [4.69, 9.17) is 5.26 Å². The SMILES string of the molecule is Cc1ccncc1NC1CCN(c2ncc(C#N)cn2)CC1. The molecule has 0 spiro atoms. The van der Waals surface area contributed by atoms with Crippen LogP contribution in [0, 0.1) is 18.3 Å². The molecule has 2 aromatic rings. The molecule has 112 valence electrons. The van der Waals surface area contributed by atoms with Crippen LogP contribution in [0.4, 0.5) is 11.6 Å². The van der Waals surface area contributed by atoms with Gasteiger partial charge in [-0.3, -0.25) is 4.98 Å². The van der Waals surface area contributed by atoms with Crippen molar-refractivity contribution in [2.24, 2.45) is 0 Å². The molecule has 6 nitrogen and oxygen atoms in total. The Morgan fingerprint density at radius 1 is 1.23 bits per heavy atom. The lowest BCUT2D eigenvalue weighted by Crippen LogP contribution is -2.40. The van der Waals surface area contributed by atoms with Crippen molar-refractivity contribution in [1.82, 2.24) is 15.0 Å². The molecule has 3 rings (SSSR count). The summed E-state index contributed by atoms with van der Waals surface area (Å²) in [5, 5.41) is 12.3. The fourth-order valence-electron chi connectivity index (χ4n) is 2.60. The quantitative estimate of drug-likeness (QED) is 0.934. The summed E-state index contributed by atoms with van der Waals surface area (Å²) in [6.45, 7) is 3.90. The molecule has 1 N–H and O–H groups in total. The van der Waals surface area contributed by atoms with Gasteiger partial charge >= 0.3 is 0 Å². The molecule has 2 aromatic heterocycles. The van der Waals surface area contributed by atoms with Crippen molar-refractivity contribution in [1.29, 1.82) is 5.26 Å². The van der Waals surface area contributed by atoms with Gasteiger partial charge in [0.2, 0.25) is 5.95 Å². The lowest BCUT2D eigenvalue weighted by molar-refractivity contribution is 0.519. The molecule has 22 heavy (non-hydrogen) atoms. The first-order valence-corrected chi connectivity index (χ1v) is 7.40. The number of nitrogens with zero attached hydrogens (tertiary/aromatic N) is 5. The Morgan fingerprint density at radius 3 is 2.59 bits per heavy atom. The molecule has 0 bridgehead atoms. The zero-order valence-corrected chi connectivity index (χ0v) is 12.5. The van der Waals surface area contributed by atoms with Crippen LogP contribution in [-0.2, 0) is 0 Å². The monoisotopic (exact) mass is 294 g/mol. The summed E-state index contributed by atoms with van der Waals surface area (Å²) in [7, 11) is 0. The van der Waals surface area contributed by atoms with Crippen LogP contribution < -0.4 is 10.2 Å². The second-order valence-electron chi connectivity index (χ2n) is 5.48. The number of nitriles is 1. The van der Waals surface area contributed by atoms with Gasteiger partial charge in [0.1, 0.15) is 6.07 Å². The van der Waals surface area contributed by atoms with Crippen molar-refractivity contribution in [3.63, 3.8) is 0 Å². The summed E-state index contributed by atoms with van der Waals surface area (Å²) >= 11 is 0. The molecule has 0 aliphatic carbocycles. The molecule has 0 amide bonds. The van der Waals surface area contributed by atoms with Crippen molar-refractivity contribution in [2.75, 3.05) is 23.3 Å². The number of pyridine rings is 1. The highest BCUT2D eigenvalue weighted by atomic mass is 15.3. The van der Waals surface area contributed by atoms with Crippen LogP contribution in [0.5, 0.6) is 0 Å². The van der Waals surface area contributed by atoms with Crippen LogP contribution in [0.1, 0.15) is 24.0 Å². The molecule has 1 aliphatic heterocycles. The van der Waals surface area contributed by atoms with Gasteiger partial charge in [0.25, 0.3) is 0 Å². The zero-order chi connectivity index (χ0) is 15.4. The minimum Gasteiger partial charge on any atom is -0.381 e. The maximum absolute atomic E-state index is 8.78. The Morgan fingerprint density at radius 2 is 1.95 bits per heavy atom. The lowest BCUT2D eigenvalue weighted by atomic mass is 10.0. The normalized spacial score (nSPS) is 15.4. The van der Waals surface area contributed by atoms with Crippen LogP contribution in [0.15, 0.2) is 30.9 Å². The maximum atomic E-state index is 8.78. The summed E-state index contributed by atoms with van der Waals surface area (Å²) in [6.07, 6.45) is 8.89. The first kappa shape index (κ1) is 14.3. The highest BCUT2D eigenvalue weighted by Gasteiger charge is 2.21. The van der Waals surface area contributed by atoms with Gasteiger partial charge in [0, 0.05) is 25.3 Å². The number of piperidine rings is 1. The van der Waals surface area contributed by atoms with E-state index in [2.05, 4.69) is 32.1 Å². The molecule has 3 heterocycles. The Hall–Kier alpha value is -2.68. The van der Waals surface area contributed by atoms with E-state index in [0.717, 1.165) is 31.6 Å². The van der Waals surface area contributed by atoms with Crippen molar-refractivity contribution in [3.05, 3.63) is 42.0 Å². The van der Waals surface area contributed by atoms with E-state index in [1.54, 1.807) is 12.4 Å². The van der Waals surface area contributed by atoms with Gasteiger partial charge < -0.3 is 10.2 Å². The van der Waals surface area contributed by atoms with Gasteiger partial charge in [-0.05, 0) is 31.4 Å².